The summed E-state index contributed by atoms with van der Waals surface area (Å²) in [7, 11) is 1.56. The Bertz CT molecular complexity index is 572. The lowest BCUT2D eigenvalue weighted by Crippen LogP contribution is -1.94. The number of rotatable bonds is 3. The average molecular weight is 266 g/mol. The molecule has 94 valence electrons. The van der Waals surface area contributed by atoms with Crippen LogP contribution in [0, 0.1) is 12.7 Å². The lowest BCUT2D eigenvalue weighted by molar-refractivity contribution is 0.394. The Balaban J connectivity index is 2.47. The molecule has 0 saturated carbocycles. The third-order valence-electron chi connectivity index (χ3n) is 2.75. The van der Waals surface area contributed by atoms with Gasteiger partial charge in [0.05, 0.1) is 13.0 Å². The van der Waals surface area contributed by atoms with Crippen LogP contribution in [0.15, 0.2) is 30.5 Å². The van der Waals surface area contributed by atoms with Gasteiger partial charge < -0.3 is 4.74 Å². The molecule has 1 aromatic heterocycles. The molecule has 0 aliphatic rings. The van der Waals surface area contributed by atoms with E-state index in [1.54, 1.807) is 32.4 Å². The number of aromatic nitrogens is 1. The van der Waals surface area contributed by atoms with Gasteiger partial charge in [0, 0.05) is 17.3 Å². The Kier molecular flexibility index (Phi) is 3.82. The maximum atomic E-state index is 13.2. The molecule has 0 saturated heterocycles. The number of benzene rings is 1. The highest BCUT2D eigenvalue weighted by Gasteiger charge is 2.07. The van der Waals surface area contributed by atoms with E-state index >= 15 is 0 Å². The molecule has 0 aliphatic heterocycles. The van der Waals surface area contributed by atoms with Crippen molar-refractivity contribution in [2.45, 2.75) is 12.8 Å². The summed E-state index contributed by atoms with van der Waals surface area (Å²) in [5, 5.41) is 0. The van der Waals surface area contributed by atoms with E-state index in [0.29, 0.717) is 17.3 Å². The van der Waals surface area contributed by atoms with Crippen LogP contribution in [0.1, 0.15) is 11.1 Å². The van der Waals surface area contributed by atoms with E-state index in [-0.39, 0.29) is 5.82 Å². The van der Waals surface area contributed by atoms with Crippen molar-refractivity contribution in [2.75, 3.05) is 7.11 Å². The first-order valence-corrected chi connectivity index (χ1v) is 6.04. The van der Waals surface area contributed by atoms with Gasteiger partial charge >= 0.3 is 0 Å². The maximum absolute atomic E-state index is 13.2. The second-order valence-corrected chi connectivity index (χ2v) is 4.26. The lowest BCUT2D eigenvalue weighted by atomic mass is 10.0. The fourth-order valence-electron chi connectivity index (χ4n) is 1.76. The van der Waals surface area contributed by atoms with Crippen molar-refractivity contribution in [3.8, 4) is 17.0 Å². The van der Waals surface area contributed by atoms with Crippen molar-refractivity contribution in [1.29, 1.82) is 0 Å². The van der Waals surface area contributed by atoms with Crippen LogP contribution in [0.25, 0.3) is 11.1 Å². The highest BCUT2D eigenvalue weighted by Crippen LogP contribution is 2.26. The van der Waals surface area contributed by atoms with Crippen LogP contribution in [0.2, 0.25) is 0 Å². The molecular formula is C14H13ClFNO. The predicted molar refractivity (Wildman–Crippen MR) is 70.5 cm³/mol. The van der Waals surface area contributed by atoms with Gasteiger partial charge in [0.15, 0.2) is 0 Å². The summed E-state index contributed by atoms with van der Waals surface area (Å²) in [6.07, 6.45) is 1.70. The Morgan fingerprint density at radius 3 is 2.67 bits per heavy atom. The second kappa shape index (κ2) is 5.36. The smallest absolute Gasteiger partial charge is 0.217 e. The van der Waals surface area contributed by atoms with E-state index in [1.807, 2.05) is 6.07 Å². The maximum Gasteiger partial charge on any atom is 0.217 e. The largest absolute Gasteiger partial charge is 0.481 e. The summed E-state index contributed by atoms with van der Waals surface area (Å²) in [6.45, 7) is 1.73. The molecule has 2 aromatic rings. The minimum absolute atomic E-state index is 0.210. The molecule has 0 atom stereocenters. The minimum atomic E-state index is -0.210. The summed E-state index contributed by atoms with van der Waals surface area (Å²) in [5.74, 6) is 0.634. The molecule has 0 bridgehead atoms. The van der Waals surface area contributed by atoms with Crippen LogP contribution < -0.4 is 4.74 Å². The Labute approximate surface area is 110 Å². The summed E-state index contributed by atoms with van der Waals surface area (Å²) >= 11 is 5.85. The van der Waals surface area contributed by atoms with Gasteiger partial charge in [-0.25, -0.2) is 9.37 Å². The van der Waals surface area contributed by atoms with Crippen LogP contribution in [0.3, 0.4) is 0 Å². The Morgan fingerprint density at radius 1 is 1.28 bits per heavy atom. The van der Waals surface area contributed by atoms with Gasteiger partial charge in [-0.05, 0) is 36.2 Å². The average Bonchev–Trinajstić information content (AvgIpc) is 2.41. The lowest BCUT2D eigenvalue weighted by Gasteiger charge is -2.08. The van der Waals surface area contributed by atoms with E-state index in [1.165, 1.54) is 6.07 Å². The van der Waals surface area contributed by atoms with Gasteiger partial charge in [0.25, 0.3) is 0 Å². The van der Waals surface area contributed by atoms with E-state index in [0.717, 1.165) is 16.7 Å². The zero-order valence-corrected chi connectivity index (χ0v) is 11.0. The van der Waals surface area contributed by atoms with Crippen molar-refractivity contribution in [2.24, 2.45) is 0 Å². The first-order chi connectivity index (χ1) is 8.65. The fraction of sp³-hybridized carbons (Fsp3) is 0.214. The first kappa shape index (κ1) is 12.8. The Morgan fingerprint density at radius 2 is 2.06 bits per heavy atom. The van der Waals surface area contributed by atoms with Crippen LogP contribution >= 0.6 is 11.6 Å². The molecule has 0 N–H and O–H groups in total. The third-order valence-corrected chi connectivity index (χ3v) is 3.04. The van der Waals surface area contributed by atoms with E-state index in [9.17, 15) is 4.39 Å². The summed E-state index contributed by atoms with van der Waals surface area (Å²) in [4.78, 5) is 4.20. The molecule has 4 heteroatoms. The quantitative estimate of drug-likeness (QED) is 0.784. The van der Waals surface area contributed by atoms with E-state index in [2.05, 4.69) is 4.98 Å². The zero-order chi connectivity index (χ0) is 13.1. The fourth-order valence-corrected chi connectivity index (χ4v) is 1.95. The van der Waals surface area contributed by atoms with Crippen LogP contribution in [0.5, 0.6) is 5.88 Å². The van der Waals surface area contributed by atoms with Crippen LogP contribution in [-0.2, 0) is 5.88 Å². The number of alkyl halides is 1. The number of halogens is 2. The standard InChI is InChI=1S/C14H13ClFNO/c1-9-5-10(3-4-13(9)16)12-6-11(7-15)14(18-2)17-8-12/h3-6,8H,7H2,1-2H3. The Hall–Kier alpha value is -1.61. The number of hydrogen-bond donors (Lipinski definition) is 0. The van der Waals surface area contributed by atoms with Gasteiger partial charge in [-0.3, -0.25) is 0 Å². The van der Waals surface area contributed by atoms with Crippen molar-refractivity contribution in [3.05, 3.63) is 47.4 Å². The molecule has 0 spiro atoms. The van der Waals surface area contributed by atoms with Crippen LogP contribution in [-0.4, -0.2) is 12.1 Å². The first-order valence-electron chi connectivity index (χ1n) is 5.51. The third kappa shape index (κ3) is 2.46. The summed E-state index contributed by atoms with van der Waals surface area (Å²) in [5.41, 5.74) is 3.24. The van der Waals surface area contributed by atoms with Crippen molar-refractivity contribution >= 4 is 11.6 Å². The molecule has 0 unspecified atom stereocenters. The number of ether oxygens (including phenoxy) is 1. The molecule has 0 fully saturated rings. The number of nitrogens with zero attached hydrogens (tertiary/aromatic N) is 1. The van der Waals surface area contributed by atoms with Crippen molar-refractivity contribution in [1.82, 2.24) is 4.98 Å². The number of hydrogen-bond acceptors (Lipinski definition) is 2. The number of pyridine rings is 1. The van der Waals surface area contributed by atoms with Gasteiger partial charge in [0.1, 0.15) is 5.82 Å². The molecular weight excluding hydrogens is 253 g/mol. The highest BCUT2D eigenvalue weighted by molar-refractivity contribution is 6.17. The highest BCUT2D eigenvalue weighted by atomic mass is 35.5. The summed E-state index contributed by atoms with van der Waals surface area (Å²) < 4.78 is 18.3. The van der Waals surface area contributed by atoms with Gasteiger partial charge in [-0.15, -0.1) is 11.6 Å². The van der Waals surface area contributed by atoms with Crippen LogP contribution in [0.4, 0.5) is 4.39 Å². The van der Waals surface area contributed by atoms with Crippen molar-refractivity contribution in [3.63, 3.8) is 0 Å². The number of methoxy groups -OCH3 is 1. The minimum Gasteiger partial charge on any atom is -0.481 e. The zero-order valence-electron chi connectivity index (χ0n) is 10.2. The molecule has 0 aliphatic carbocycles. The van der Waals surface area contributed by atoms with E-state index in [4.69, 9.17) is 16.3 Å². The predicted octanol–water partition coefficient (Wildman–Crippen LogP) is 3.94. The molecule has 0 radical (unpaired) electrons. The molecule has 0 amide bonds. The van der Waals surface area contributed by atoms with Gasteiger partial charge in [-0.1, -0.05) is 6.07 Å². The van der Waals surface area contributed by atoms with Gasteiger partial charge in [0.2, 0.25) is 5.88 Å². The van der Waals surface area contributed by atoms with Gasteiger partial charge in [-0.2, -0.15) is 0 Å². The van der Waals surface area contributed by atoms with Crippen molar-refractivity contribution < 1.29 is 9.13 Å². The molecule has 1 heterocycles. The normalized spacial score (nSPS) is 10.4. The monoisotopic (exact) mass is 265 g/mol. The SMILES string of the molecule is COc1ncc(-c2ccc(F)c(C)c2)cc1CCl. The number of aryl methyl sites for hydroxylation is 1. The topological polar surface area (TPSA) is 22.1 Å². The molecule has 18 heavy (non-hydrogen) atoms. The molecule has 2 nitrogen and oxygen atoms in total. The van der Waals surface area contributed by atoms with E-state index < -0.39 is 0 Å². The molecule has 2 rings (SSSR count). The summed E-state index contributed by atoms with van der Waals surface area (Å²) in [6, 6.07) is 6.88. The second-order valence-electron chi connectivity index (χ2n) is 3.99. The molecule has 1 aromatic carbocycles.